The van der Waals surface area contributed by atoms with Gasteiger partial charge in [0.1, 0.15) is 11.5 Å². The van der Waals surface area contributed by atoms with E-state index in [9.17, 15) is 9.59 Å². The minimum absolute atomic E-state index is 0.0223. The number of amides is 2. The average molecular weight is 380 g/mol. The van der Waals surface area contributed by atoms with Gasteiger partial charge in [0.05, 0.1) is 0 Å². The van der Waals surface area contributed by atoms with Crippen molar-refractivity contribution in [3.05, 3.63) is 41.7 Å². The van der Waals surface area contributed by atoms with Crippen molar-refractivity contribution in [2.75, 3.05) is 11.9 Å². The molecule has 148 valence electrons. The summed E-state index contributed by atoms with van der Waals surface area (Å²) in [5.74, 6) is 2.38. The fourth-order valence-corrected chi connectivity index (χ4v) is 3.66. The molecule has 2 amide bonds. The zero-order chi connectivity index (χ0) is 19.9. The Bertz CT molecular complexity index is 886. The topological polar surface area (TPSA) is 62.6 Å². The van der Waals surface area contributed by atoms with E-state index in [-0.39, 0.29) is 17.2 Å². The van der Waals surface area contributed by atoms with Crippen molar-refractivity contribution in [3.8, 4) is 11.3 Å². The standard InChI is InChI=1S/C23H28N2O3/c1-23(2,3)13-21(26)24-18-8-6-15(7-9-18)20-12-17-14-25(11-10-19(17)28-20)22(27)16-4-5-16/h6-9,12,16H,4-5,10-11,13-14H2,1-3H3,(H,24,26). The van der Waals surface area contributed by atoms with E-state index in [0.717, 1.165) is 54.1 Å². The molecule has 1 aromatic heterocycles. The van der Waals surface area contributed by atoms with Gasteiger partial charge in [0, 0.05) is 48.7 Å². The molecule has 1 fully saturated rings. The van der Waals surface area contributed by atoms with Gasteiger partial charge in [-0.05, 0) is 48.6 Å². The molecule has 0 unspecified atom stereocenters. The third-order valence-corrected chi connectivity index (χ3v) is 5.25. The van der Waals surface area contributed by atoms with Crippen LogP contribution in [0.5, 0.6) is 0 Å². The van der Waals surface area contributed by atoms with Crippen molar-refractivity contribution in [2.24, 2.45) is 11.3 Å². The zero-order valence-electron chi connectivity index (χ0n) is 16.9. The summed E-state index contributed by atoms with van der Waals surface area (Å²) in [5, 5.41) is 2.95. The molecule has 2 aromatic rings. The van der Waals surface area contributed by atoms with Crippen LogP contribution in [0.3, 0.4) is 0 Å². The second-order valence-electron chi connectivity index (χ2n) is 9.21. The molecule has 5 heteroatoms. The number of carbonyl (C=O) groups excluding carboxylic acids is 2. The van der Waals surface area contributed by atoms with E-state index >= 15 is 0 Å². The number of furan rings is 1. The van der Waals surface area contributed by atoms with Crippen molar-refractivity contribution in [1.29, 1.82) is 0 Å². The molecule has 0 spiro atoms. The van der Waals surface area contributed by atoms with E-state index in [2.05, 4.69) is 11.4 Å². The predicted octanol–water partition coefficient (Wildman–Crippen LogP) is 4.62. The first kappa shape index (κ1) is 18.8. The Morgan fingerprint density at radius 2 is 1.89 bits per heavy atom. The molecule has 0 saturated heterocycles. The van der Waals surface area contributed by atoms with Crippen molar-refractivity contribution in [2.45, 2.75) is 53.0 Å². The molecule has 0 bridgehead atoms. The SMILES string of the molecule is CC(C)(C)CC(=O)Nc1ccc(-c2cc3c(o2)CCN(C(=O)C2CC2)C3)cc1. The molecule has 1 aliphatic heterocycles. The fraction of sp³-hybridized carbons (Fsp3) is 0.478. The third kappa shape index (κ3) is 4.29. The van der Waals surface area contributed by atoms with Crippen molar-refractivity contribution >= 4 is 17.5 Å². The lowest BCUT2D eigenvalue weighted by Crippen LogP contribution is -2.36. The average Bonchev–Trinajstić information content (AvgIpc) is 3.38. The first-order valence-corrected chi connectivity index (χ1v) is 10.1. The van der Waals surface area contributed by atoms with Gasteiger partial charge in [-0.15, -0.1) is 0 Å². The first-order valence-electron chi connectivity index (χ1n) is 10.1. The molecule has 0 radical (unpaired) electrons. The summed E-state index contributed by atoms with van der Waals surface area (Å²) in [4.78, 5) is 26.4. The van der Waals surface area contributed by atoms with E-state index in [0.29, 0.717) is 18.9 Å². The van der Waals surface area contributed by atoms with Crippen LogP contribution in [0.1, 0.15) is 51.4 Å². The number of benzene rings is 1. The van der Waals surface area contributed by atoms with Crippen LogP contribution in [0.2, 0.25) is 0 Å². The maximum atomic E-state index is 12.3. The van der Waals surface area contributed by atoms with Gasteiger partial charge in [-0.25, -0.2) is 0 Å². The van der Waals surface area contributed by atoms with Crippen LogP contribution >= 0.6 is 0 Å². The highest BCUT2D eigenvalue weighted by Gasteiger charge is 2.35. The number of hydrogen-bond acceptors (Lipinski definition) is 3. The molecule has 28 heavy (non-hydrogen) atoms. The minimum atomic E-state index is -0.0357. The number of hydrogen-bond donors (Lipinski definition) is 1. The highest BCUT2D eigenvalue weighted by Crippen LogP contribution is 2.35. The molecule has 1 aliphatic carbocycles. The van der Waals surface area contributed by atoms with Crippen LogP contribution < -0.4 is 5.32 Å². The van der Waals surface area contributed by atoms with E-state index in [1.54, 1.807) is 0 Å². The number of fused-ring (bicyclic) bond motifs is 1. The molecule has 5 nitrogen and oxygen atoms in total. The smallest absolute Gasteiger partial charge is 0.225 e. The van der Waals surface area contributed by atoms with Gasteiger partial charge in [-0.2, -0.15) is 0 Å². The minimum Gasteiger partial charge on any atom is -0.461 e. The van der Waals surface area contributed by atoms with Gasteiger partial charge in [0.15, 0.2) is 0 Å². The van der Waals surface area contributed by atoms with Gasteiger partial charge in [0.25, 0.3) is 0 Å². The van der Waals surface area contributed by atoms with E-state index < -0.39 is 0 Å². The normalized spacial score (nSPS) is 16.6. The molecule has 2 heterocycles. The molecular formula is C23H28N2O3. The summed E-state index contributed by atoms with van der Waals surface area (Å²) in [6.45, 7) is 7.54. The Morgan fingerprint density at radius 3 is 2.54 bits per heavy atom. The van der Waals surface area contributed by atoms with Crippen LogP contribution in [-0.2, 0) is 22.6 Å². The van der Waals surface area contributed by atoms with E-state index in [1.807, 2.05) is 49.9 Å². The van der Waals surface area contributed by atoms with Gasteiger partial charge >= 0.3 is 0 Å². The number of rotatable bonds is 4. The molecule has 0 atom stereocenters. The highest BCUT2D eigenvalue weighted by atomic mass is 16.3. The Morgan fingerprint density at radius 1 is 1.18 bits per heavy atom. The largest absolute Gasteiger partial charge is 0.461 e. The molecule has 2 aliphatic rings. The second-order valence-corrected chi connectivity index (χ2v) is 9.21. The molecule has 1 aromatic carbocycles. The first-order chi connectivity index (χ1) is 13.3. The summed E-state index contributed by atoms with van der Waals surface area (Å²) in [7, 11) is 0. The van der Waals surface area contributed by atoms with Crippen LogP contribution in [0, 0.1) is 11.3 Å². The fourth-order valence-electron chi connectivity index (χ4n) is 3.66. The maximum Gasteiger partial charge on any atom is 0.225 e. The lowest BCUT2D eigenvalue weighted by Gasteiger charge is -2.26. The Balaban J connectivity index is 1.43. The molecule has 1 saturated carbocycles. The summed E-state index contributed by atoms with van der Waals surface area (Å²) < 4.78 is 6.06. The Hall–Kier alpha value is -2.56. The van der Waals surface area contributed by atoms with Crippen LogP contribution in [-0.4, -0.2) is 23.3 Å². The monoisotopic (exact) mass is 380 g/mol. The van der Waals surface area contributed by atoms with E-state index in [4.69, 9.17) is 4.42 Å². The number of nitrogens with zero attached hydrogens (tertiary/aromatic N) is 1. The van der Waals surface area contributed by atoms with Crippen LogP contribution in [0.15, 0.2) is 34.7 Å². The summed E-state index contributed by atoms with van der Waals surface area (Å²) in [5.41, 5.74) is 2.84. The molecule has 1 N–H and O–H groups in total. The van der Waals surface area contributed by atoms with Gasteiger partial charge in [-0.1, -0.05) is 20.8 Å². The van der Waals surface area contributed by atoms with Crippen molar-refractivity contribution < 1.29 is 14.0 Å². The predicted molar refractivity (Wildman–Crippen MR) is 109 cm³/mol. The van der Waals surface area contributed by atoms with Gasteiger partial charge in [-0.3, -0.25) is 9.59 Å². The number of nitrogens with one attached hydrogen (secondary N) is 1. The molecule has 4 rings (SSSR count). The second kappa shape index (κ2) is 7.12. The Labute approximate surface area is 166 Å². The summed E-state index contributed by atoms with van der Waals surface area (Å²) in [6.07, 6.45) is 3.33. The third-order valence-electron chi connectivity index (χ3n) is 5.25. The van der Waals surface area contributed by atoms with Crippen molar-refractivity contribution in [1.82, 2.24) is 4.90 Å². The lowest BCUT2D eigenvalue weighted by molar-refractivity contribution is -0.133. The summed E-state index contributed by atoms with van der Waals surface area (Å²) in [6, 6.07) is 9.78. The molecular weight excluding hydrogens is 352 g/mol. The number of carbonyl (C=O) groups is 2. The van der Waals surface area contributed by atoms with Gasteiger partial charge < -0.3 is 14.6 Å². The summed E-state index contributed by atoms with van der Waals surface area (Å²) >= 11 is 0. The van der Waals surface area contributed by atoms with Crippen molar-refractivity contribution in [3.63, 3.8) is 0 Å². The number of anilines is 1. The quantitative estimate of drug-likeness (QED) is 0.842. The highest BCUT2D eigenvalue weighted by molar-refractivity contribution is 5.91. The van der Waals surface area contributed by atoms with Gasteiger partial charge in [0.2, 0.25) is 11.8 Å². The van der Waals surface area contributed by atoms with E-state index in [1.165, 1.54) is 0 Å². The van der Waals surface area contributed by atoms with Crippen LogP contribution in [0.4, 0.5) is 5.69 Å². The lowest BCUT2D eigenvalue weighted by atomic mass is 9.92. The van der Waals surface area contributed by atoms with Crippen LogP contribution in [0.25, 0.3) is 11.3 Å². The Kier molecular flexibility index (Phi) is 4.77. The maximum absolute atomic E-state index is 12.3. The zero-order valence-corrected chi connectivity index (χ0v) is 16.9.